The fourth-order valence-corrected chi connectivity index (χ4v) is 1.91. The van der Waals surface area contributed by atoms with Crippen LogP contribution >= 0.6 is 27.5 Å². The lowest BCUT2D eigenvalue weighted by molar-refractivity contribution is 0.181. The van der Waals surface area contributed by atoms with Gasteiger partial charge in [0.1, 0.15) is 5.15 Å². The molecule has 6 heteroatoms. The average molecular weight is 329 g/mol. The van der Waals surface area contributed by atoms with Gasteiger partial charge in [-0.2, -0.15) is 0 Å². The number of nitrogens with zero attached hydrogens (tertiary/aromatic N) is 3. The third-order valence-electron chi connectivity index (χ3n) is 2.33. The molecule has 0 N–H and O–H groups in total. The number of halogens is 2. The monoisotopic (exact) mass is 327 g/mol. The lowest BCUT2D eigenvalue weighted by Gasteiger charge is -2.07. The van der Waals surface area contributed by atoms with E-state index >= 15 is 0 Å². The SMILES string of the molecule is COCc1nc(-c2ccc(C)nc2)nc(Cl)c1Br. The molecular formula is C12H11BrClN3O. The molecule has 0 amide bonds. The molecule has 2 aromatic heterocycles. The molecule has 4 nitrogen and oxygen atoms in total. The molecular weight excluding hydrogens is 318 g/mol. The maximum absolute atomic E-state index is 6.06. The van der Waals surface area contributed by atoms with Crippen LogP contribution in [0.5, 0.6) is 0 Å². The number of ether oxygens (including phenoxy) is 1. The van der Waals surface area contributed by atoms with Crippen LogP contribution in [0.2, 0.25) is 5.15 Å². The van der Waals surface area contributed by atoms with Crippen LogP contribution in [0.25, 0.3) is 11.4 Å². The summed E-state index contributed by atoms with van der Waals surface area (Å²) in [6.45, 7) is 2.30. The summed E-state index contributed by atoms with van der Waals surface area (Å²) in [6, 6.07) is 3.82. The summed E-state index contributed by atoms with van der Waals surface area (Å²) in [5, 5.41) is 0.368. The van der Waals surface area contributed by atoms with Crippen molar-refractivity contribution in [1.29, 1.82) is 0 Å². The Morgan fingerprint density at radius 1 is 1.33 bits per heavy atom. The fourth-order valence-electron chi connectivity index (χ4n) is 1.42. The first-order chi connectivity index (χ1) is 8.61. The molecule has 2 heterocycles. The maximum Gasteiger partial charge on any atom is 0.162 e. The van der Waals surface area contributed by atoms with Crippen molar-refractivity contribution in [3.05, 3.63) is 39.3 Å². The second kappa shape index (κ2) is 5.73. The summed E-state index contributed by atoms with van der Waals surface area (Å²) >= 11 is 9.41. The van der Waals surface area contributed by atoms with Gasteiger partial charge in [0.25, 0.3) is 0 Å². The Bertz CT molecular complexity index is 560. The molecule has 2 rings (SSSR count). The number of rotatable bonds is 3. The second-order valence-corrected chi connectivity index (χ2v) is 4.87. The fraction of sp³-hybridized carbons (Fsp3) is 0.250. The van der Waals surface area contributed by atoms with Gasteiger partial charge < -0.3 is 4.74 Å². The summed E-state index contributed by atoms with van der Waals surface area (Å²) in [5.74, 6) is 0.544. The van der Waals surface area contributed by atoms with Crippen molar-refractivity contribution in [3.63, 3.8) is 0 Å². The van der Waals surface area contributed by atoms with Crippen molar-refractivity contribution in [2.75, 3.05) is 7.11 Å². The number of methoxy groups -OCH3 is 1. The van der Waals surface area contributed by atoms with Crippen LogP contribution < -0.4 is 0 Å². The Kier molecular flexibility index (Phi) is 4.27. The zero-order chi connectivity index (χ0) is 13.1. The van der Waals surface area contributed by atoms with Gasteiger partial charge in [0, 0.05) is 24.6 Å². The van der Waals surface area contributed by atoms with E-state index in [1.54, 1.807) is 13.3 Å². The second-order valence-electron chi connectivity index (χ2n) is 3.72. The summed E-state index contributed by atoms with van der Waals surface area (Å²) in [5.41, 5.74) is 2.49. The van der Waals surface area contributed by atoms with Crippen molar-refractivity contribution in [1.82, 2.24) is 15.0 Å². The van der Waals surface area contributed by atoms with Gasteiger partial charge in [-0.05, 0) is 35.0 Å². The molecule has 18 heavy (non-hydrogen) atoms. The van der Waals surface area contributed by atoms with Gasteiger partial charge in [-0.15, -0.1) is 0 Å². The van der Waals surface area contributed by atoms with Gasteiger partial charge >= 0.3 is 0 Å². The third kappa shape index (κ3) is 2.85. The minimum Gasteiger partial charge on any atom is -0.378 e. The van der Waals surface area contributed by atoms with Crippen LogP contribution in [0.4, 0.5) is 0 Å². The van der Waals surface area contributed by atoms with Gasteiger partial charge in [0.2, 0.25) is 0 Å². The first-order valence-corrected chi connectivity index (χ1v) is 6.42. The quantitative estimate of drug-likeness (QED) is 0.810. The lowest BCUT2D eigenvalue weighted by atomic mass is 10.2. The van der Waals surface area contributed by atoms with Crippen LogP contribution in [0.15, 0.2) is 22.8 Å². The van der Waals surface area contributed by atoms with E-state index in [9.17, 15) is 0 Å². The molecule has 0 spiro atoms. The molecule has 0 aromatic carbocycles. The third-order valence-corrected chi connectivity index (χ3v) is 3.67. The maximum atomic E-state index is 6.06. The summed E-state index contributed by atoms with van der Waals surface area (Å²) in [4.78, 5) is 12.9. The zero-order valence-corrected chi connectivity index (χ0v) is 12.3. The summed E-state index contributed by atoms with van der Waals surface area (Å²) in [6.07, 6.45) is 1.73. The smallest absolute Gasteiger partial charge is 0.162 e. The largest absolute Gasteiger partial charge is 0.378 e. The molecule has 0 unspecified atom stereocenters. The average Bonchev–Trinajstić information content (AvgIpc) is 2.36. The van der Waals surface area contributed by atoms with Crippen LogP contribution in [0.3, 0.4) is 0 Å². The molecule has 0 aliphatic carbocycles. The van der Waals surface area contributed by atoms with Crippen molar-refractivity contribution in [2.45, 2.75) is 13.5 Å². The van der Waals surface area contributed by atoms with E-state index in [0.29, 0.717) is 27.8 Å². The minimum absolute atomic E-state index is 0.368. The van der Waals surface area contributed by atoms with Crippen molar-refractivity contribution in [3.8, 4) is 11.4 Å². The van der Waals surface area contributed by atoms with Gasteiger partial charge in [0.15, 0.2) is 5.82 Å². The topological polar surface area (TPSA) is 47.9 Å². The highest BCUT2D eigenvalue weighted by molar-refractivity contribution is 9.10. The normalized spacial score (nSPS) is 10.7. The van der Waals surface area contributed by atoms with E-state index in [1.807, 2.05) is 19.1 Å². The van der Waals surface area contributed by atoms with Crippen molar-refractivity contribution in [2.24, 2.45) is 0 Å². The predicted octanol–water partition coefficient (Wildman–Crippen LogP) is 3.41. The van der Waals surface area contributed by atoms with Crippen LogP contribution in [0.1, 0.15) is 11.4 Å². The molecule has 94 valence electrons. The Morgan fingerprint density at radius 2 is 2.11 bits per heavy atom. The van der Waals surface area contributed by atoms with E-state index in [0.717, 1.165) is 11.3 Å². The Balaban J connectivity index is 2.48. The molecule has 0 radical (unpaired) electrons. The number of aryl methyl sites for hydroxylation is 1. The molecule has 0 bridgehead atoms. The van der Waals surface area contributed by atoms with Crippen molar-refractivity contribution >= 4 is 27.5 Å². The highest BCUT2D eigenvalue weighted by atomic mass is 79.9. The van der Waals surface area contributed by atoms with Crippen LogP contribution in [-0.4, -0.2) is 22.1 Å². The first kappa shape index (κ1) is 13.4. The minimum atomic E-state index is 0.368. The number of hydrogen-bond donors (Lipinski definition) is 0. The Labute approximate surface area is 119 Å². The Hall–Kier alpha value is -1.04. The highest BCUT2D eigenvalue weighted by Gasteiger charge is 2.12. The van der Waals surface area contributed by atoms with Crippen LogP contribution in [-0.2, 0) is 11.3 Å². The number of aromatic nitrogens is 3. The van der Waals surface area contributed by atoms with E-state index < -0.39 is 0 Å². The molecule has 0 aliphatic rings. The molecule has 0 atom stereocenters. The highest BCUT2D eigenvalue weighted by Crippen LogP contribution is 2.27. The predicted molar refractivity (Wildman–Crippen MR) is 73.4 cm³/mol. The van der Waals surface area contributed by atoms with E-state index in [-0.39, 0.29) is 0 Å². The van der Waals surface area contributed by atoms with Gasteiger partial charge in [-0.3, -0.25) is 4.98 Å². The van der Waals surface area contributed by atoms with E-state index in [4.69, 9.17) is 16.3 Å². The van der Waals surface area contributed by atoms with Crippen molar-refractivity contribution < 1.29 is 4.74 Å². The van der Waals surface area contributed by atoms with Gasteiger partial charge in [-0.1, -0.05) is 11.6 Å². The summed E-state index contributed by atoms with van der Waals surface area (Å²) in [7, 11) is 1.61. The molecule has 0 saturated heterocycles. The van der Waals surface area contributed by atoms with Gasteiger partial charge in [0.05, 0.1) is 16.8 Å². The standard InChI is InChI=1S/C12H11BrClN3O/c1-7-3-4-8(5-15-7)12-16-9(6-18-2)10(13)11(14)17-12/h3-5H,6H2,1-2H3. The lowest BCUT2D eigenvalue weighted by Crippen LogP contribution is -2.00. The Morgan fingerprint density at radius 3 is 2.72 bits per heavy atom. The van der Waals surface area contributed by atoms with E-state index in [2.05, 4.69) is 30.9 Å². The molecule has 0 fully saturated rings. The molecule has 2 aromatic rings. The van der Waals surface area contributed by atoms with E-state index in [1.165, 1.54) is 0 Å². The van der Waals surface area contributed by atoms with Crippen LogP contribution in [0, 0.1) is 6.92 Å². The number of hydrogen-bond acceptors (Lipinski definition) is 4. The zero-order valence-electron chi connectivity index (χ0n) is 9.94. The molecule has 0 aliphatic heterocycles. The first-order valence-electron chi connectivity index (χ1n) is 5.25. The van der Waals surface area contributed by atoms with Gasteiger partial charge in [-0.25, -0.2) is 9.97 Å². The summed E-state index contributed by atoms with van der Waals surface area (Å²) < 4.78 is 5.74. The number of pyridine rings is 1. The molecule has 0 saturated carbocycles.